The van der Waals surface area contributed by atoms with Gasteiger partial charge in [-0.3, -0.25) is 4.79 Å². The molecular weight excluding hydrogens is 310 g/mol. The lowest BCUT2D eigenvalue weighted by atomic mass is 9.90. The second-order valence-corrected chi connectivity index (χ2v) is 7.66. The Morgan fingerprint density at radius 1 is 1.24 bits per heavy atom. The summed E-state index contributed by atoms with van der Waals surface area (Å²) in [7, 11) is 2.05. The predicted octanol–water partition coefficient (Wildman–Crippen LogP) is 3.17. The van der Waals surface area contributed by atoms with Crippen LogP contribution in [-0.4, -0.2) is 33.4 Å². The Morgan fingerprint density at radius 3 is 2.80 bits per heavy atom. The van der Waals surface area contributed by atoms with Crippen molar-refractivity contribution in [3.8, 4) is 0 Å². The number of aromatic nitrogens is 2. The normalized spacial score (nSPS) is 19.9. The molecule has 0 radical (unpaired) electrons. The third kappa shape index (κ3) is 3.35. The number of carbonyl (C=O) groups is 1. The molecule has 25 heavy (non-hydrogen) atoms. The molecular formula is C21H27N3O. The molecule has 2 aliphatic rings. The third-order valence-electron chi connectivity index (χ3n) is 5.71. The average molecular weight is 337 g/mol. The molecule has 1 atom stereocenters. The van der Waals surface area contributed by atoms with Crippen LogP contribution in [0.15, 0.2) is 24.4 Å². The van der Waals surface area contributed by atoms with Crippen LogP contribution in [-0.2, 0) is 31.1 Å². The summed E-state index contributed by atoms with van der Waals surface area (Å²) in [6.07, 6.45) is 8.54. The van der Waals surface area contributed by atoms with Gasteiger partial charge >= 0.3 is 0 Å². The lowest BCUT2D eigenvalue weighted by Gasteiger charge is -2.19. The lowest BCUT2D eigenvalue weighted by molar-refractivity contribution is -0.129. The number of amides is 1. The number of fused-ring (bicyclic) bond motifs is 1. The van der Waals surface area contributed by atoms with Crippen molar-refractivity contribution in [3.63, 3.8) is 0 Å². The van der Waals surface area contributed by atoms with Crippen LogP contribution in [0, 0.1) is 6.92 Å². The number of likely N-dealkylation sites (tertiary alicyclic amines) is 1. The van der Waals surface area contributed by atoms with Crippen LogP contribution >= 0.6 is 0 Å². The standard InChI is InChI=1S/C21H27N3O/c1-15-13-23(2)21(22-15)19-9-10-24(14-19)20(25)12-16-7-8-17-5-3-4-6-18(17)11-16/h7-8,11,13,19H,3-6,9-10,12,14H2,1-2H3/t19-/m1/s1. The topological polar surface area (TPSA) is 38.1 Å². The maximum absolute atomic E-state index is 12.7. The minimum Gasteiger partial charge on any atom is -0.342 e. The Bertz CT molecular complexity index is 792. The predicted molar refractivity (Wildman–Crippen MR) is 98.7 cm³/mol. The van der Waals surface area contributed by atoms with Gasteiger partial charge < -0.3 is 9.47 Å². The first-order valence-electron chi connectivity index (χ1n) is 9.48. The van der Waals surface area contributed by atoms with Gasteiger partial charge in [0.1, 0.15) is 5.82 Å². The van der Waals surface area contributed by atoms with Crippen molar-refractivity contribution in [2.24, 2.45) is 7.05 Å². The fraction of sp³-hybridized carbons (Fsp3) is 0.524. The Balaban J connectivity index is 1.41. The van der Waals surface area contributed by atoms with Crippen molar-refractivity contribution in [2.75, 3.05) is 13.1 Å². The monoisotopic (exact) mass is 337 g/mol. The zero-order valence-electron chi connectivity index (χ0n) is 15.3. The van der Waals surface area contributed by atoms with Crippen LogP contribution in [0.5, 0.6) is 0 Å². The number of imidazole rings is 1. The minimum atomic E-state index is 0.254. The van der Waals surface area contributed by atoms with Gasteiger partial charge in [-0.2, -0.15) is 0 Å². The number of hydrogen-bond acceptors (Lipinski definition) is 2. The highest BCUT2D eigenvalue weighted by Gasteiger charge is 2.29. The highest BCUT2D eigenvalue weighted by atomic mass is 16.2. The van der Waals surface area contributed by atoms with E-state index in [0.29, 0.717) is 12.3 Å². The van der Waals surface area contributed by atoms with Crippen molar-refractivity contribution >= 4 is 5.91 Å². The van der Waals surface area contributed by atoms with Gasteiger partial charge in [0.05, 0.1) is 12.1 Å². The summed E-state index contributed by atoms with van der Waals surface area (Å²) in [6, 6.07) is 6.65. The molecule has 0 unspecified atom stereocenters. The molecule has 0 saturated carbocycles. The molecule has 1 aliphatic heterocycles. The first kappa shape index (κ1) is 16.4. The van der Waals surface area contributed by atoms with Gasteiger partial charge in [-0.05, 0) is 55.7 Å². The largest absolute Gasteiger partial charge is 0.342 e. The maximum atomic E-state index is 12.7. The van der Waals surface area contributed by atoms with Crippen LogP contribution in [0.2, 0.25) is 0 Å². The Hall–Kier alpha value is -2.10. The van der Waals surface area contributed by atoms with Crippen molar-refractivity contribution < 1.29 is 4.79 Å². The molecule has 1 fully saturated rings. The molecule has 4 heteroatoms. The molecule has 2 aromatic rings. The summed E-state index contributed by atoms with van der Waals surface area (Å²) in [4.78, 5) is 19.4. The van der Waals surface area contributed by atoms with Crippen molar-refractivity contribution in [3.05, 3.63) is 52.6 Å². The number of hydrogen-bond donors (Lipinski definition) is 0. The first-order valence-corrected chi connectivity index (χ1v) is 9.48. The number of rotatable bonds is 3. The van der Waals surface area contributed by atoms with Gasteiger partial charge in [-0.1, -0.05) is 18.2 Å². The summed E-state index contributed by atoms with van der Waals surface area (Å²) in [5.74, 6) is 1.73. The Kier molecular flexibility index (Phi) is 4.36. The summed E-state index contributed by atoms with van der Waals surface area (Å²) < 4.78 is 2.11. The maximum Gasteiger partial charge on any atom is 0.227 e. The van der Waals surface area contributed by atoms with E-state index >= 15 is 0 Å². The molecule has 2 heterocycles. The van der Waals surface area contributed by atoms with Crippen molar-refractivity contribution in [1.29, 1.82) is 0 Å². The second kappa shape index (κ2) is 6.66. The highest BCUT2D eigenvalue weighted by Crippen LogP contribution is 2.27. The average Bonchev–Trinajstić information content (AvgIpc) is 3.21. The van der Waals surface area contributed by atoms with Crippen LogP contribution in [0.1, 0.15) is 53.4 Å². The fourth-order valence-electron chi connectivity index (χ4n) is 4.39. The molecule has 0 bridgehead atoms. The molecule has 1 aromatic heterocycles. The van der Waals surface area contributed by atoms with E-state index < -0.39 is 0 Å². The smallest absolute Gasteiger partial charge is 0.227 e. The summed E-state index contributed by atoms with van der Waals surface area (Å²) in [5.41, 5.74) is 5.16. The van der Waals surface area contributed by atoms with E-state index in [0.717, 1.165) is 31.0 Å². The minimum absolute atomic E-state index is 0.254. The number of carbonyl (C=O) groups excluding carboxylic acids is 1. The van der Waals surface area contributed by atoms with Crippen LogP contribution < -0.4 is 0 Å². The molecule has 0 spiro atoms. The van der Waals surface area contributed by atoms with Crippen LogP contribution in [0.4, 0.5) is 0 Å². The fourth-order valence-corrected chi connectivity index (χ4v) is 4.39. The zero-order valence-corrected chi connectivity index (χ0v) is 15.3. The third-order valence-corrected chi connectivity index (χ3v) is 5.71. The molecule has 1 aliphatic carbocycles. The van der Waals surface area contributed by atoms with E-state index in [9.17, 15) is 4.79 Å². The molecule has 1 saturated heterocycles. The van der Waals surface area contributed by atoms with E-state index in [1.165, 1.54) is 42.4 Å². The van der Waals surface area contributed by atoms with Gasteiger partial charge in [0.25, 0.3) is 0 Å². The van der Waals surface area contributed by atoms with E-state index in [4.69, 9.17) is 0 Å². The van der Waals surface area contributed by atoms with Gasteiger partial charge in [0.15, 0.2) is 0 Å². The lowest BCUT2D eigenvalue weighted by Crippen LogP contribution is -2.30. The van der Waals surface area contributed by atoms with Gasteiger partial charge in [0, 0.05) is 32.3 Å². The van der Waals surface area contributed by atoms with Crippen LogP contribution in [0.3, 0.4) is 0 Å². The second-order valence-electron chi connectivity index (χ2n) is 7.66. The van der Waals surface area contributed by atoms with Crippen LogP contribution in [0.25, 0.3) is 0 Å². The van der Waals surface area contributed by atoms with Crippen molar-refractivity contribution in [1.82, 2.24) is 14.5 Å². The van der Waals surface area contributed by atoms with E-state index in [-0.39, 0.29) is 5.91 Å². The summed E-state index contributed by atoms with van der Waals surface area (Å²) >= 11 is 0. The Morgan fingerprint density at radius 2 is 2.04 bits per heavy atom. The molecule has 4 rings (SSSR count). The van der Waals surface area contributed by atoms with Gasteiger partial charge in [0.2, 0.25) is 5.91 Å². The van der Waals surface area contributed by atoms with Gasteiger partial charge in [-0.25, -0.2) is 4.98 Å². The quantitative estimate of drug-likeness (QED) is 0.863. The van der Waals surface area contributed by atoms with Crippen molar-refractivity contribution in [2.45, 2.75) is 51.4 Å². The van der Waals surface area contributed by atoms with E-state index in [1.807, 2.05) is 18.9 Å². The number of nitrogens with zero attached hydrogens (tertiary/aromatic N) is 3. The zero-order chi connectivity index (χ0) is 17.4. The Labute approximate surface area is 149 Å². The number of aryl methyl sites for hydroxylation is 4. The number of benzene rings is 1. The van der Waals surface area contributed by atoms with E-state index in [2.05, 4.69) is 33.9 Å². The summed E-state index contributed by atoms with van der Waals surface area (Å²) in [5, 5.41) is 0. The molecule has 132 valence electrons. The summed E-state index contributed by atoms with van der Waals surface area (Å²) in [6.45, 7) is 3.67. The molecule has 1 amide bonds. The molecule has 0 N–H and O–H groups in total. The molecule has 1 aromatic carbocycles. The SMILES string of the molecule is Cc1cn(C)c([C@@H]2CCN(C(=O)Cc3ccc4c(c3)CCCC4)C2)n1. The van der Waals surface area contributed by atoms with Gasteiger partial charge in [-0.15, -0.1) is 0 Å². The van der Waals surface area contributed by atoms with E-state index in [1.54, 1.807) is 0 Å². The highest BCUT2D eigenvalue weighted by molar-refractivity contribution is 5.79. The molecule has 4 nitrogen and oxygen atoms in total. The first-order chi connectivity index (χ1) is 12.1.